The zero-order chi connectivity index (χ0) is 20.1. The van der Waals surface area contributed by atoms with Crippen LogP contribution in [0.2, 0.25) is 0 Å². The fourth-order valence-electron chi connectivity index (χ4n) is 3.31. The molecule has 0 spiro atoms. The molecule has 2 unspecified atom stereocenters. The van der Waals surface area contributed by atoms with Crippen molar-refractivity contribution in [2.45, 2.75) is 26.3 Å². The third-order valence-electron chi connectivity index (χ3n) is 4.99. The zero-order valence-electron chi connectivity index (χ0n) is 15.8. The third kappa shape index (κ3) is 4.97. The predicted octanol–water partition coefficient (Wildman–Crippen LogP) is 2.94. The molecular weight excluding hydrogens is 356 g/mol. The summed E-state index contributed by atoms with van der Waals surface area (Å²) in [6.45, 7) is 2.59. The van der Waals surface area contributed by atoms with Crippen LogP contribution in [0.15, 0.2) is 54.6 Å². The average Bonchev–Trinajstić information content (AvgIpc) is 3.04. The lowest BCUT2D eigenvalue weighted by Gasteiger charge is -2.16. The van der Waals surface area contributed by atoms with Crippen molar-refractivity contribution in [2.24, 2.45) is 11.8 Å². The van der Waals surface area contributed by atoms with Crippen molar-refractivity contribution in [3.05, 3.63) is 65.7 Å². The number of nitrogens with zero attached hydrogens (tertiary/aromatic N) is 1. The molecule has 2 aromatic carbocycles. The highest BCUT2D eigenvalue weighted by molar-refractivity contribution is 5.97. The molecule has 1 aliphatic heterocycles. The molecule has 2 aromatic rings. The maximum atomic E-state index is 12.5. The number of hydrogen-bond donors (Lipinski definition) is 2. The second-order valence-corrected chi connectivity index (χ2v) is 7.29. The Kier molecular flexibility index (Phi) is 6.09. The Morgan fingerprint density at radius 1 is 1.11 bits per heavy atom. The predicted molar refractivity (Wildman–Crippen MR) is 106 cm³/mol. The summed E-state index contributed by atoms with van der Waals surface area (Å²) in [5, 5.41) is 11.8. The molecule has 0 saturated carbocycles. The van der Waals surface area contributed by atoms with Gasteiger partial charge >= 0.3 is 5.97 Å². The summed E-state index contributed by atoms with van der Waals surface area (Å²) in [6.07, 6.45) is 0.655. The van der Waals surface area contributed by atoms with E-state index >= 15 is 0 Å². The van der Waals surface area contributed by atoms with Crippen molar-refractivity contribution in [1.29, 1.82) is 0 Å². The summed E-state index contributed by atoms with van der Waals surface area (Å²) >= 11 is 0. The van der Waals surface area contributed by atoms with E-state index in [-0.39, 0.29) is 24.2 Å². The number of carboxylic acid groups (broad SMARTS) is 1. The smallest absolute Gasteiger partial charge is 0.306 e. The average molecular weight is 380 g/mol. The maximum Gasteiger partial charge on any atom is 0.306 e. The van der Waals surface area contributed by atoms with E-state index in [1.807, 2.05) is 42.5 Å². The molecule has 1 heterocycles. The first-order chi connectivity index (χ1) is 13.4. The molecule has 1 fully saturated rings. The topological polar surface area (TPSA) is 86.7 Å². The van der Waals surface area contributed by atoms with Crippen LogP contribution in [0, 0.1) is 11.8 Å². The Hall–Kier alpha value is -3.15. The van der Waals surface area contributed by atoms with E-state index in [9.17, 15) is 14.4 Å². The number of carbonyl (C=O) groups is 3. The number of amides is 2. The van der Waals surface area contributed by atoms with Crippen molar-refractivity contribution in [3.8, 4) is 0 Å². The Balaban J connectivity index is 1.55. The van der Waals surface area contributed by atoms with Crippen LogP contribution in [0.3, 0.4) is 0 Å². The lowest BCUT2D eigenvalue weighted by atomic mass is 10.0. The Bertz CT molecular complexity index is 849. The van der Waals surface area contributed by atoms with E-state index in [1.165, 1.54) is 0 Å². The quantitative estimate of drug-likeness (QED) is 0.773. The summed E-state index contributed by atoms with van der Waals surface area (Å²) in [5.41, 5.74) is 2.59. The van der Waals surface area contributed by atoms with Gasteiger partial charge in [-0.3, -0.25) is 14.4 Å². The van der Waals surface area contributed by atoms with Crippen molar-refractivity contribution in [2.75, 3.05) is 11.9 Å². The zero-order valence-corrected chi connectivity index (χ0v) is 15.8. The third-order valence-corrected chi connectivity index (χ3v) is 4.99. The molecule has 0 aromatic heterocycles. The van der Waals surface area contributed by atoms with Crippen LogP contribution in [-0.4, -0.2) is 34.3 Å². The molecule has 6 nitrogen and oxygen atoms in total. The summed E-state index contributed by atoms with van der Waals surface area (Å²) < 4.78 is 0. The van der Waals surface area contributed by atoms with Crippen molar-refractivity contribution < 1.29 is 19.5 Å². The molecule has 0 radical (unpaired) electrons. The fourth-order valence-corrected chi connectivity index (χ4v) is 3.31. The number of anilines is 1. The van der Waals surface area contributed by atoms with E-state index in [0.29, 0.717) is 25.2 Å². The highest BCUT2D eigenvalue weighted by Gasteiger charge is 2.34. The number of likely N-dealkylation sites (tertiary alicyclic amines) is 1. The van der Waals surface area contributed by atoms with Gasteiger partial charge < -0.3 is 15.3 Å². The first-order valence-corrected chi connectivity index (χ1v) is 9.36. The summed E-state index contributed by atoms with van der Waals surface area (Å²) in [5.74, 6) is -1.84. The number of carbonyl (C=O) groups excluding carboxylic acids is 2. The van der Waals surface area contributed by atoms with Gasteiger partial charge in [-0.15, -0.1) is 0 Å². The number of nitrogens with one attached hydrogen (secondary N) is 1. The molecule has 3 rings (SSSR count). The minimum atomic E-state index is -0.830. The van der Waals surface area contributed by atoms with Crippen LogP contribution >= 0.6 is 0 Å². The standard InChI is InChI=1S/C22H24N2O4/c1-15(22(27)28)11-16-7-9-19(10-8-16)23-21(26)18-12-20(25)24(14-18)13-17-5-3-2-4-6-17/h2-10,15,18H,11-14H2,1H3,(H,23,26)(H,27,28). The van der Waals surface area contributed by atoms with Crippen molar-refractivity contribution in [3.63, 3.8) is 0 Å². The largest absolute Gasteiger partial charge is 0.481 e. The molecule has 0 bridgehead atoms. The second kappa shape index (κ2) is 8.69. The van der Waals surface area contributed by atoms with Crippen LogP contribution < -0.4 is 5.32 Å². The Morgan fingerprint density at radius 3 is 2.43 bits per heavy atom. The number of hydrogen-bond acceptors (Lipinski definition) is 3. The molecule has 6 heteroatoms. The Labute approximate surface area is 164 Å². The molecule has 2 atom stereocenters. The van der Waals surface area contributed by atoms with Crippen molar-refractivity contribution in [1.82, 2.24) is 4.90 Å². The fraction of sp³-hybridized carbons (Fsp3) is 0.318. The normalized spacial score (nSPS) is 17.4. The first-order valence-electron chi connectivity index (χ1n) is 9.36. The lowest BCUT2D eigenvalue weighted by Crippen LogP contribution is -2.28. The molecule has 1 saturated heterocycles. The van der Waals surface area contributed by atoms with Crippen LogP contribution in [0.5, 0.6) is 0 Å². The number of benzene rings is 2. The lowest BCUT2D eigenvalue weighted by molar-refractivity contribution is -0.141. The van der Waals surface area contributed by atoms with E-state index < -0.39 is 11.9 Å². The van der Waals surface area contributed by atoms with Gasteiger partial charge in [0.2, 0.25) is 11.8 Å². The summed E-state index contributed by atoms with van der Waals surface area (Å²) in [7, 11) is 0. The van der Waals surface area contributed by atoms with E-state index in [4.69, 9.17) is 5.11 Å². The maximum absolute atomic E-state index is 12.5. The number of carboxylic acids is 1. The first kappa shape index (κ1) is 19.6. The SMILES string of the molecule is CC(Cc1ccc(NC(=O)C2CC(=O)N(Cc3ccccc3)C2)cc1)C(=O)O. The summed E-state index contributed by atoms with van der Waals surface area (Å²) in [4.78, 5) is 37.5. The van der Waals surface area contributed by atoms with Crippen LogP contribution in [0.4, 0.5) is 5.69 Å². The summed E-state index contributed by atoms with van der Waals surface area (Å²) in [6, 6.07) is 16.9. The molecular formula is C22H24N2O4. The molecule has 28 heavy (non-hydrogen) atoms. The van der Waals surface area contributed by atoms with Gasteiger partial charge in [0.05, 0.1) is 11.8 Å². The van der Waals surface area contributed by atoms with Gasteiger partial charge in [0.25, 0.3) is 0 Å². The van der Waals surface area contributed by atoms with Gasteiger partial charge in [0.15, 0.2) is 0 Å². The van der Waals surface area contributed by atoms with E-state index in [2.05, 4.69) is 5.32 Å². The van der Waals surface area contributed by atoms with Crippen LogP contribution in [-0.2, 0) is 27.3 Å². The minimum absolute atomic E-state index is 0.0120. The van der Waals surface area contributed by atoms with Gasteiger partial charge in [-0.1, -0.05) is 49.4 Å². The van der Waals surface area contributed by atoms with Gasteiger partial charge in [-0.2, -0.15) is 0 Å². The minimum Gasteiger partial charge on any atom is -0.481 e. The van der Waals surface area contributed by atoms with Crippen molar-refractivity contribution >= 4 is 23.5 Å². The molecule has 2 amide bonds. The van der Waals surface area contributed by atoms with Gasteiger partial charge in [0.1, 0.15) is 0 Å². The van der Waals surface area contributed by atoms with E-state index in [0.717, 1.165) is 11.1 Å². The van der Waals surface area contributed by atoms with Gasteiger partial charge in [-0.25, -0.2) is 0 Å². The van der Waals surface area contributed by atoms with Gasteiger partial charge in [0, 0.05) is 25.2 Å². The highest BCUT2D eigenvalue weighted by Crippen LogP contribution is 2.22. The van der Waals surface area contributed by atoms with E-state index in [1.54, 1.807) is 24.0 Å². The number of rotatable bonds is 7. The van der Waals surface area contributed by atoms with Crippen LogP contribution in [0.25, 0.3) is 0 Å². The molecule has 1 aliphatic rings. The molecule has 2 N–H and O–H groups in total. The van der Waals surface area contributed by atoms with Crippen LogP contribution in [0.1, 0.15) is 24.5 Å². The second-order valence-electron chi connectivity index (χ2n) is 7.29. The molecule has 0 aliphatic carbocycles. The number of aliphatic carboxylic acids is 1. The highest BCUT2D eigenvalue weighted by atomic mass is 16.4. The molecule has 146 valence electrons. The monoisotopic (exact) mass is 380 g/mol. The Morgan fingerprint density at radius 2 is 1.79 bits per heavy atom. The van der Waals surface area contributed by atoms with Gasteiger partial charge in [-0.05, 0) is 29.7 Å².